The summed E-state index contributed by atoms with van der Waals surface area (Å²) in [7, 11) is 0. The molecule has 2 aromatic heterocycles. The zero-order chi connectivity index (χ0) is 19.6. The van der Waals surface area contributed by atoms with Crippen molar-refractivity contribution >= 4 is 5.91 Å². The van der Waals surface area contributed by atoms with E-state index < -0.39 is 0 Å². The number of nitrogens with zero attached hydrogens (tertiary/aromatic N) is 4. The largest absolute Gasteiger partial charge is 0.425 e. The fourth-order valence-electron chi connectivity index (χ4n) is 3.02. The Morgan fingerprint density at radius 2 is 1.82 bits per heavy atom. The van der Waals surface area contributed by atoms with Crippen molar-refractivity contribution in [3.8, 4) is 0 Å². The Kier molecular flexibility index (Phi) is 7.35. The van der Waals surface area contributed by atoms with Crippen molar-refractivity contribution in [2.75, 3.05) is 0 Å². The summed E-state index contributed by atoms with van der Waals surface area (Å²) in [5, 5.41) is 11.0. The third-order valence-corrected chi connectivity index (χ3v) is 4.61. The second-order valence-electron chi connectivity index (χ2n) is 6.69. The van der Waals surface area contributed by atoms with Crippen LogP contribution in [0, 0.1) is 0 Å². The van der Waals surface area contributed by atoms with Gasteiger partial charge in [0.1, 0.15) is 5.82 Å². The number of aromatic nitrogens is 4. The summed E-state index contributed by atoms with van der Waals surface area (Å²) in [4.78, 5) is 16.3. The maximum atomic E-state index is 12.0. The van der Waals surface area contributed by atoms with Gasteiger partial charge in [-0.05, 0) is 31.7 Å². The highest BCUT2D eigenvalue weighted by Gasteiger charge is 2.10. The molecule has 7 heteroatoms. The van der Waals surface area contributed by atoms with Crippen LogP contribution in [0.25, 0.3) is 0 Å². The van der Waals surface area contributed by atoms with Crippen molar-refractivity contribution in [1.29, 1.82) is 0 Å². The summed E-state index contributed by atoms with van der Waals surface area (Å²) in [6, 6.07) is 10.4. The number of carbonyl (C=O) groups is 1. The van der Waals surface area contributed by atoms with Crippen molar-refractivity contribution in [2.24, 2.45) is 0 Å². The van der Waals surface area contributed by atoms with Gasteiger partial charge in [0.25, 0.3) is 0 Å². The Balaban J connectivity index is 1.33. The molecule has 0 saturated heterocycles. The first-order chi connectivity index (χ1) is 13.7. The number of amides is 1. The number of hydrogen-bond acceptors (Lipinski definition) is 5. The Morgan fingerprint density at radius 3 is 2.61 bits per heavy atom. The van der Waals surface area contributed by atoms with Gasteiger partial charge in [0.2, 0.25) is 17.7 Å². The van der Waals surface area contributed by atoms with Gasteiger partial charge < -0.3 is 14.3 Å². The summed E-state index contributed by atoms with van der Waals surface area (Å²) in [5.41, 5.74) is 1.35. The monoisotopic (exact) mass is 381 g/mol. The molecule has 2 heterocycles. The maximum absolute atomic E-state index is 12.0. The van der Waals surface area contributed by atoms with Gasteiger partial charge in [-0.3, -0.25) is 4.79 Å². The van der Waals surface area contributed by atoms with Gasteiger partial charge >= 0.3 is 0 Å². The molecule has 1 N–H and O–H groups in total. The molecule has 1 aromatic carbocycles. The molecular weight excluding hydrogens is 354 g/mol. The van der Waals surface area contributed by atoms with E-state index in [1.807, 2.05) is 23.8 Å². The topological polar surface area (TPSA) is 85.8 Å². The van der Waals surface area contributed by atoms with E-state index in [1.165, 1.54) is 5.56 Å². The Bertz CT molecular complexity index is 857. The van der Waals surface area contributed by atoms with Gasteiger partial charge in [-0.15, -0.1) is 10.2 Å². The van der Waals surface area contributed by atoms with Crippen molar-refractivity contribution in [3.05, 3.63) is 65.9 Å². The van der Waals surface area contributed by atoms with Crippen LogP contribution in [0.1, 0.15) is 49.4 Å². The number of nitrogens with one attached hydrogen (secondary N) is 1. The van der Waals surface area contributed by atoms with Crippen LogP contribution < -0.4 is 5.32 Å². The number of unbranched alkanes of at least 4 members (excludes halogenated alkanes) is 1. The lowest BCUT2D eigenvalue weighted by Crippen LogP contribution is -2.24. The van der Waals surface area contributed by atoms with E-state index in [1.54, 1.807) is 6.20 Å². The highest BCUT2D eigenvalue weighted by atomic mass is 16.4. The van der Waals surface area contributed by atoms with Crippen LogP contribution in [0.2, 0.25) is 0 Å². The van der Waals surface area contributed by atoms with E-state index in [2.05, 4.69) is 44.8 Å². The second kappa shape index (κ2) is 10.4. The number of aryl methyl sites for hydroxylation is 4. The smallest absolute Gasteiger partial charge is 0.220 e. The van der Waals surface area contributed by atoms with E-state index in [0.29, 0.717) is 31.2 Å². The highest BCUT2D eigenvalue weighted by molar-refractivity contribution is 5.75. The van der Waals surface area contributed by atoms with Crippen LogP contribution in [-0.4, -0.2) is 25.7 Å². The van der Waals surface area contributed by atoms with Crippen LogP contribution >= 0.6 is 0 Å². The molecule has 0 bridgehead atoms. The zero-order valence-electron chi connectivity index (χ0n) is 16.3. The number of imidazole rings is 1. The maximum Gasteiger partial charge on any atom is 0.220 e. The first-order valence-electron chi connectivity index (χ1n) is 9.86. The molecule has 0 aliphatic rings. The van der Waals surface area contributed by atoms with Crippen molar-refractivity contribution in [1.82, 2.24) is 25.1 Å². The van der Waals surface area contributed by atoms with Gasteiger partial charge in [-0.25, -0.2) is 4.98 Å². The molecule has 7 nitrogen and oxygen atoms in total. The minimum absolute atomic E-state index is 0.0479. The van der Waals surface area contributed by atoms with Gasteiger partial charge in [-0.1, -0.05) is 30.3 Å². The van der Waals surface area contributed by atoms with Crippen LogP contribution in [-0.2, 0) is 37.1 Å². The van der Waals surface area contributed by atoms with Crippen molar-refractivity contribution < 1.29 is 9.21 Å². The Morgan fingerprint density at radius 1 is 1.07 bits per heavy atom. The van der Waals surface area contributed by atoms with Crippen molar-refractivity contribution in [3.63, 3.8) is 0 Å². The van der Waals surface area contributed by atoms with Gasteiger partial charge in [0, 0.05) is 38.2 Å². The van der Waals surface area contributed by atoms with E-state index >= 15 is 0 Å². The average molecular weight is 381 g/mol. The third kappa shape index (κ3) is 6.04. The SMILES string of the molecule is CCn1ccnc1CNC(=O)CCc1nnc(CCCCc2ccccc2)o1. The molecule has 148 valence electrons. The van der Waals surface area contributed by atoms with Gasteiger partial charge in [-0.2, -0.15) is 0 Å². The van der Waals surface area contributed by atoms with E-state index in [9.17, 15) is 4.79 Å². The van der Waals surface area contributed by atoms with Crippen LogP contribution in [0.5, 0.6) is 0 Å². The minimum atomic E-state index is -0.0479. The lowest BCUT2D eigenvalue weighted by atomic mass is 10.1. The molecule has 0 aliphatic heterocycles. The number of rotatable bonds is 11. The van der Waals surface area contributed by atoms with E-state index in [4.69, 9.17) is 4.42 Å². The molecule has 0 unspecified atom stereocenters. The van der Waals surface area contributed by atoms with E-state index in [-0.39, 0.29) is 5.91 Å². The fraction of sp³-hybridized carbons (Fsp3) is 0.429. The predicted octanol–water partition coefficient (Wildman–Crippen LogP) is 3.10. The van der Waals surface area contributed by atoms with E-state index in [0.717, 1.165) is 38.1 Å². The molecule has 1 amide bonds. The first kappa shape index (κ1) is 19.8. The zero-order valence-corrected chi connectivity index (χ0v) is 16.3. The predicted molar refractivity (Wildman–Crippen MR) is 105 cm³/mol. The lowest BCUT2D eigenvalue weighted by Gasteiger charge is -2.06. The molecule has 3 aromatic rings. The number of carbonyl (C=O) groups excluding carboxylic acids is 1. The lowest BCUT2D eigenvalue weighted by molar-refractivity contribution is -0.121. The van der Waals surface area contributed by atoms with Gasteiger partial charge in [0.15, 0.2) is 0 Å². The molecule has 0 atom stereocenters. The third-order valence-electron chi connectivity index (χ3n) is 4.61. The van der Waals surface area contributed by atoms with Crippen LogP contribution in [0.15, 0.2) is 47.1 Å². The minimum Gasteiger partial charge on any atom is -0.425 e. The quantitative estimate of drug-likeness (QED) is 0.516. The number of benzene rings is 1. The summed E-state index contributed by atoms with van der Waals surface area (Å²) >= 11 is 0. The summed E-state index contributed by atoms with van der Waals surface area (Å²) < 4.78 is 7.66. The molecule has 0 spiro atoms. The second-order valence-corrected chi connectivity index (χ2v) is 6.69. The summed E-state index contributed by atoms with van der Waals surface area (Å²) in [6.07, 6.45) is 8.32. The molecule has 0 radical (unpaired) electrons. The molecule has 3 rings (SSSR count). The standard InChI is InChI=1S/C21H27N5O2/c1-2-26-15-14-22-18(26)16-23-19(27)12-13-21-25-24-20(28-21)11-7-6-10-17-8-4-3-5-9-17/h3-5,8-9,14-15H,2,6-7,10-13,16H2,1H3,(H,23,27). The summed E-state index contributed by atoms with van der Waals surface area (Å²) in [6.45, 7) is 3.30. The Labute approximate surface area is 165 Å². The molecule has 0 saturated carbocycles. The highest BCUT2D eigenvalue weighted by Crippen LogP contribution is 2.10. The molecule has 28 heavy (non-hydrogen) atoms. The van der Waals surface area contributed by atoms with Crippen molar-refractivity contribution in [2.45, 2.75) is 58.5 Å². The first-order valence-corrected chi connectivity index (χ1v) is 9.86. The van der Waals surface area contributed by atoms with Crippen LogP contribution in [0.3, 0.4) is 0 Å². The summed E-state index contributed by atoms with van der Waals surface area (Å²) in [5.74, 6) is 1.97. The molecular formula is C21H27N5O2. The fourth-order valence-corrected chi connectivity index (χ4v) is 3.02. The van der Waals surface area contributed by atoms with Gasteiger partial charge in [0.05, 0.1) is 6.54 Å². The Hall–Kier alpha value is -2.96. The molecule has 0 aliphatic carbocycles. The van der Waals surface area contributed by atoms with Crippen LogP contribution in [0.4, 0.5) is 0 Å². The normalized spacial score (nSPS) is 10.9. The number of hydrogen-bond donors (Lipinski definition) is 1. The average Bonchev–Trinajstić information content (AvgIpc) is 3.38. The molecule has 0 fully saturated rings.